The van der Waals surface area contributed by atoms with Crippen molar-refractivity contribution >= 4 is 23.7 Å². The number of halogens is 1. The van der Waals surface area contributed by atoms with Crippen molar-refractivity contribution in [3.8, 4) is 5.75 Å². The van der Waals surface area contributed by atoms with Crippen molar-refractivity contribution in [2.45, 2.75) is 38.0 Å². The normalized spacial score (nSPS) is 19.2. The molecule has 2 heterocycles. The fourth-order valence-corrected chi connectivity index (χ4v) is 5.20. The lowest BCUT2D eigenvalue weighted by Gasteiger charge is -2.33. The highest BCUT2D eigenvalue weighted by atomic mass is 32.2. The molecule has 3 fully saturated rings. The van der Waals surface area contributed by atoms with E-state index in [1.54, 1.807) is 6.07 Å². The molecule has 2 saturated heterocycles. The van der Waals surface area contributed by atoms with Crippen LogP contribution in [-0.2, 0) is 0 Å². The summed E-state index contributed by atoms with van der Waals surface area (Å²) in [5.41, 5.74) is 4.39. The molecule has 1 saturated carbocycles. The predicted molar refractivity (Wildman–Crippen MR) is 130 cm³/mol. The molecule has 7 nitrogen and oxygen atoms in total. The van der Waals surface area contributed by atoms with Gasteiger partial charge in [0.05, 0.1) is 24.3 Å². The molecule has 0 aromatic heterocycles. The average molecular weight is 487 g/mol. The highest BCUT2D eigenvalue weighted by Gasteiger charge is 2.30. The van der Waals surface area contributed by atoms with Gasteiger partial charge in [0.1, 0.15) is 11.6 Å². The first-order valence-electron chi connectivity index (χ1n) is 12.1. The Labute approximate surface area is 204 Å². The van der Waals surface area contributed by atoms with Crippen molar-refractivity contribution in [1.82, 2.24) is 14.3 Å². The first-order chi connectivity index (χ1) is 16.6. The van der Waals surface area contributed by atoms with Crippen molar-refractivity contribution in [3.63, 3.8) is 0 Å². The molecule has 9 heteroatoms. The molecule has 0 atom stereocenters. The lowest BCUT2D eigenvalue weighted by Crippen LogP contribution is -2.41. The molecule has 5 rings (SSSR count). The van der Waals surface area contributed by atoms with Crippen LogP contribution in [0.15, 0.2) is 42.5 Å². The fourth-order valence-electron chi connectivity index (χ4n) is 4.43. The van der Waals surface area contributed by atoms with Crippen LogP contribution < -0.4 is 15.1 Å². The van der Waals surface area contributed by atoms with Crippen molar-refractivity contribution < 1.29 is 19.1 Å². The van der Waals surface area contributed by atoms with Gasteiger partial charge in [-0.25, -0.2) is 8.70 Å². The minimum absolute atomic E-state index is 0.0753. The smallest absolute Gasteiger partial charge is 0.271 e. The second-order valence-electron chi connectivity index (χ2n) is 9.30. The number of para-hydroxylation sites is 1. The summed E-state index contributed by atoms with van der Waals surface area (Å²) in [7, 11) is 0. The molecule has 2 N–H and O–H groups in total. The molecular formula is C25H31FN4O3S. The predicted octanol–water partition coefficient (Wildman–Crippen LogP) is 4.60. The van der Waals surface area contributed by atoms with E-state index in [1.807, 2.05) is 10.4 Å². The van der Waals surface area contributed by atoms with Gasteiger partial charge in [0.15, 0.2) is 0 Å². The van der Waals surface area contributed by atoms with E-state index in [9.17, 15) is 14.4 Å². The molecule has 34 heavy (non-hydrogen) atoms. The Morgan fingerprint density at radius 3 is 2.50 bits per heavy atom. The Morgan fingerprint density at radius 2 is 1.85 bits per heavy atom. The number of hydrogen-bond donors (Lipinski definition) is 2. The molecule has 0 bridgehead atoms. The quantitative estimate of drug-likeness (QED) is 0.397. The number of ether oxygens (including phenoxy) is 1. The van der Waals surface area contributed by atoms with E-state index in [4.69, 9.17) is 4.74 Å². The SMILES string of the molecule is O=C(NN(O)SN1CCC1)c1cc(C2CC2)c(OCC2CCN(c3ccccc3)CC2)cc1F. The number of nitrogens with one attached hydrogen (secondary N) is 1. The van der Waals surface area contributed by atoms with Crippen LogP contribution in [0.25, 0.3) is 0 Å². The van der Waals surface area contributed by atoms with E-state index < -0.39 is 11.7 Å². The minimum Gasteiger partial charge on any atom is -0.493 e. The van der Waals surface area contributed by atoms with Gasteiger partial charge in [-0.2, -0.15) is 0 Å². The maximum atomic E-state index is 14.9. The van der Waals surface area contributed by atoms with E-state index in [0.29, 0.717) is 28.8 Å². The van der Waals surface area contributed by atoms with Gasteiger partial charge in [0.2, 0.25) is 0 Å². The summed E-state index contributed by atoms with van der Waals surface area (Å²) in [6.45, 7) is 4.19. The number of benzene rings is 2. The summed E-state index contributed by atoms with van der Waals surface area (Å²) >= 11 is 1.00. The number of hydrogen-bond acceptors (Lipinski definition) is 7. The topological polar surface area (TPSA) is 68.3 Å². The van der Waals surface area contributed by atoms with Gasteiger partial charge in [-0.3, -0.25) is 15.4 Å². The zero-order valence-electron chi connectivity index (χ0n) is 19.2. The van der Waals surface area contributed by atoms with Crippen molar-refractivity contribution in [1.29, 1.82) is 0 Å². The number of amides is 1. The zero-order chi connectivity index (χ0) is 23.5. The van der Waals surface area contributed by atoms with Gasteiger partial charge in [0, 0.05) is 37.9 Å². The van der Waals surface area contributed by atoms with E-state index in [0.717, 1.165) is 76.0 Å². The van der Waals surface area contributed by atoms with Gasteiger partial charge >= 0.3 is 0 Å². The maximum Gasteiger partial charge on any atom is 0.271 e. The van der Waals surface area contributed by atoms with E-state index >= 15 is 0 Å². The molecule has 3 aliphatic rings. The maximum absolute atomic E-state index is 14.9. The lowest BCUT2D eigenvalue weighted by atomic mass is 9.97. The Hall–Kier alpha value is -2.33. The molecule has 2 aromatic rings. The van der Waals surface area contributed by atoms with Crippen LogP contribution in [0, 0.1) is 11.7 Å². The van der Waals surface area contributed by atoms with Gasteiger partial charge in [-0.05, 0) is 72.3 Å². The highest BCUT2D eigenvalue weighted by molar-refractivity contribution is 7.94. The third-order valence-corrected chi connectivity index (χ3v) is 7.62. The third kappa shape index (κ3) is 5.66. The summed E-state index contributed by atoms with van der Waals surface area (Å²) in [4.78, 5) is 15.0. The molecule has 0 unspecified atom stereocenters. The summed E-state index contributed by atoms with van der Waals surface area (Å²) < 4.78 is 23.6. The van der Waals surface area contributed by atoms with Crippen molar-refractivity contribution in [3.05, 3.63) is 59.4 Å². The van der Waals surface area contributed by atoms with Crippen LogP contribution in [0.4, 0.5) is 10.1 Å². The minimum atomic E-state index is -0.672. The second-order valence-corrected chi connectivity index (χ2v) is 10.3. The molecule has 1 amide bonds. The molecule has 1 aliphatic carbocycles. The van der Waals surface area contributed by atoms with E-state index in [2.05, 4.69) is 34.6 Å². The van der Waals surface area contributed by atoms with E-state index in [1.165, 1.54) is 11.8 Å². The second kappa shape index (κ2) is 10.5. The Bertz CT molecular complexity index is 995. The number of hydrazine groups is 1. The number of nitrogens with zero attached hydrogens (tertiary/aromatic N) is 3. The van der Waals surface area contributed by atoms with Crippen LogP contribution in [-0.4, -0.2) is 52.8 Å². The molecule has 2 aliphatic heterocycles. The molecule has 2 aromatic carbocycles. The summed E-state index contributed by atoms with van der Waals surface area (Å²) in [6, 6.07) is 13.4. The lowest BCUT2D eigenvalue weighted by molar-refractivity contribution is -0.0297. The summed E-state index contributed by atoms with van der Waals surface area (Å²) in [5.74, 6) is -0.0620. The number of rotatable bonds is 9. The zero-order valence-corrected chi connectivity index (χ0v) is 20.0. The van der Waals surface area contributed by atoms with Crippen molar-refractivity contribution in [2.75, 3.05) is 37.7 Å². The van der Waals surface area contributed by atoms with Gasteiger partial charge in [-0.15, -0.1) is 0 Å². The molecule has 0 spiro atoms. The monoisotopic (exact) mass is 486 g/mol. The Kier molecular flexibility index (Phi) is 7.24. The van der Waals surface area contributed by atoms with Gasteiger partial charge < -0.3 is 9.64 Å². The summed E-state index contributed by atoms with van der Waals surface area (Å²) in [6.07, 6.45) is 5.13. The Balaban J connectivity index is 1.19. The van der Waals surface area contributed by atoms with Crippen LogP contribution in [0.2, 0.25) is 0 Å². The third-order valence-electron chi connectivity index (χ3n) is 6.78. The van der Waals surface area contributed by atoms with Crippen LogP contribution in [0.5, 0.6) is 5.75 Å². The number of anilines is 1. The number of carbonyl (C=O) groups excluding carboxylic acids is 1. The van der Waals surface area contributed by atoms with Gasteiger partial charge in [0.25, 0.3) is 5.91 Å². The van der Waals surface area contributed by atoms with Crippen LogP contribution >= 0.6 is 12.1 Å². The molecule has 0 radical (unpaired) electrons. The largest absolute Gasteiger partial charge is 0.493 e. The Morgan fingerprint density at radius 1 is 1.12 bits per heavy atom. The highest BCUT2D eigenvalue weighted by Crippen LogP contribution is 2.45. The van der Waals surface area contributed by atoms with Crippen LogP contribution in [0.3, 0.4) is 0 Å². The number of carbonyl (C=O) groups is 1. The average Bonchev–Trinajstić information content (AvgIpc) is 3.66. The summed E-state index contributed by atoms with van der Waals surface area (Å²) in [5, 5.41) is 9.94. The first-order valence-corrected chi connectivity index (χ1v) is 12.8. The molecule has 182 valence electrons. The van der Waals surface area contributed by atoms with Gasteiger partial charge in [-0.1, -0.05) is 18.2 Å². The molecular weight excluding hydrogens is 455 g/mol. The van der Waals surface area contributed by atoms with Crippen LogP contribution in [0.1, 0.15) is 53.9 Å². The fraction of sp³-hybridized carbons (Fsp3) is 0.480. The van der Waals surface area contributed by atoms with E-state index in [-0.39, 0.29) is 5.56 Å². The first kappa shape index (κ1) is 23.4. The van der Waals surface area contributed by atoms with Crippen molar-refractivity contribution in [2.24, 2.45) is 5.92 Å². The standard InChI is InChI=1S/C25H31FN4O3S/c26-23-16-24(33-17-18-9-13-28(14-10-18)20-5-2-1-3-6-20)21(19-7-8-19)15-22(23)25(31)27-30(32)34-29-11-4-12-29/h1-3,5-6,15-16,18-19,32H,4,7-14,17H2,(H,27,31). The number of piperidine rings is 1.